The molecule has 0 aromatic heterocycles. The molecule has 0 saturated carbocycles. The van der Waals surface area contributed by atoms with Gasteiger partial charge in [-0.2, -0.15) is 0 Å². The lowest BCUT2D eigenvalue weighted by Gasteiger charge is -2.09. The number of imide groups is 1. The van der Waals surface area contributed by atoms with Gasteiger partial charge in [-0.3, -0.25) is 14.9 Å². The Hall–Kier alpha value is -2.90. The fourth-order valence-electron chi connectivity index (χ4n) is 1.69. The molecule has 1 aliphatic rings. The van der Waals surface area contributed by atoms with E-state index in [9.17, 15) is 24.3 Å². The van der Waals surface area contributed by atoms with Crippen molar-refractivity contribution in [2.75, 3.05) is 5.32 Å². The van der Waals surface area contributed by atoms with Crippen molar-refractivity contribution in [2.45, 2.75) is 12.5 Å². The number of amides is 4. The molecule has 1 atom stereocenters. The van der Waals surface area contributed by atoms with Gasteiger partial charge in [0.15, 0.2) is 0 Å². The van der Waals surface area contributed by atoms with Gasteiger partial charge in [0.25, 0.3) is 5.91 Å². The summed E-state index contributed by atoms with van der Waals surface area (Å²) in [6, 6.07) is 3.84. The van der Waals surface area contributed by atoms with Crippen LogP contribution in [0.5, 0.6) is 0 Å². The van der Waals surface area contributed by atoms with E-state index in [0.717, 1.165) is 0 Å². The molecule has 1 saturated heterocycles. The fraction of sp³-hybridized carbons (Fsp3) is 0.167. The molecule has 0 unspecified atom stereocenters. The smallest absolute Gasteiger partial charge is 0.322 e. The first kappa shape index (κ1) is 13.5. The number of hydrogen-bond donors (Lipinski definition) is 3. The van der Waals surface area contributed by atoms with Gasteiger partial charge in [-0.1, -0.05) is 12.1 Å². The van der Waals surface area contributed by atoms with E-state index >= 15 is 0 Å². The molecule has 1 aromatic carbocycles. The molecular formula is C12H10N3O5-. The maximum absolute atomic E-state index is 11.7. The van der Waals surface area contributed by atoms with E-state index in [2.05, 4.69) is 10.6 Å². The first-order valence-corrected chi connectivity index (χ1v) is 5.68. The third-order valence-corrected chi connectivity index (χ3v) is 2.65. The summed E-state index contributed by atoms with van der Waals surface area (Å²) in [5.74, 6) is -2.35. The standard InChI is InChI=1S/C12H11N3O5/c16-9(5-8-10(17)15-12(20)14-8)13-7-3-1-6(2-4-7)11(18)19/h1-4,8H,5H2,(H,13,16)(H,18,19)(H2,14,15,17,20)/p-1/t8-/m1/s1. The van der Waals surface area contributed by atoms with Crippen molar-refractivity contribution >= 4 is 29.5 Å². The number of rotatable bonds is 4. The summed E-state index contributed by atoms with van der Waals surface area (Å²) in [7, 11) is 0. The first-order chi connectivity index (χ1) is 9.45. The fourth-order valence-corrected chi connectivity index (χ4v) is 1.69. The first-order valence-electron chi connectivity index (χ1n) is 5.68. The molecule has 0 aliphatic carbocycles. The minimum absolute atomic E-state index is 0.00886. The zero-order valence-electron chi connectivity index (χ0n) is 10.1. The topological polar surface area (TPSA) is 127 Å². The lowest BCUT2D eigenvalue weighted by atomic mass is 10.2. The van der Waals surface area contributed by atoms with Gasteiger partial charge in [0, 0.05) is 5.69 Å². The Morgan fingerprint density at radius 2 is 1.85 bits per heavy atom. The van der Waals surface area contributed by atoms with E-state index in [4.69, 9.17) is 0 Å². The predicted octanol–water partition coefficient (Wildman–Crippen LogP) is -1.41. The van der Waals surface area contributed by atoms with Gasteiger partial charge in [0.1, 0.15) is 6.04 Å². The summed E-state index contributed by atoms with van der Waals surface area (Å²) in [6.45, 7) is 0. The highest BCUT2D eigenvalue weighted by Gasteiger charge is 2.31. The number of carbonyl (C=O) groups excluding carboxylic acids is 4. The molecule has 2 rings (SSSR count). The van der Waals surface area contributed by atoms with Crippen molar-refractivity contribution in [3.05, 3.63) is 29.8 Å². The molecular weight excluding hydrogens is 266 g/mol. The van der Waals surface area contributed by atoms with Gasteiger partial charge in [-0.15, -0.1) is 0 Å². The van der Waals surface area contributed by atoms with Crippen LogP contribution in [0.25, 0.3) is 0 Å². The number of nitrogens with one attached hydrogen (secondary N) is 3. The minimum atomic E-state index is -1.31. The van der Waals surface area contributed by atoms with Crippen LogP contribution in [0.2, 0.25) is 0 Å². The summed E-state index contributed by atoms with van der Waals surface area (Å²) in [4.78, 5) is 44.3. The average Bonchev–Trinajstić information content (AvgIpc) is 2.68. The van der Waals surface area contributed by atoms with E-state index in [1.54, 1.807) is 0 Å². The lowest BCUT2D eigenvalue weighted by Crippen LogP contribution is -2.33. The van der Waals surface area contributed by atoms with Crippen LogP contribution < -0.4 is 21.1 Å². The van der Waals surface area contributed by atoms with Crippen LogP contribution in [0.1, 0.15) is 16.8 Å². The Balaban J connectivity index is 1.93. The summed E-state index contributed by atoms with van der Waals surface area (Å²) < 4.78 is 0. The molecule has 20 heavy (non-hydrogen) atoms. The van der Waals surface area contributed by atoms with Crippen LogP contribution in [-0.2, 0) is 9.59 Å². The summed E-state index contributed by atoms with van der Waals surface area (Å²) in [5.41, 5.74) is 0.371. The molecule has 1 fully saturated rings. The molecule has 4 amide bonds. The van der Waals surface area contributed by atoms with Crippen LogP contribution in [0.15, 0.2) is 24.3 Å². The van der Waals surface area contributed by atoms with Gasteiger partial charge < -0.3 is 20.5 Å². The predicted molar refractivity (Wildman–Crippen MR) is 64.5 cm³/mol. The van der Waals surface area contributed by atoms with E-state index < -0.39 is 29.9 Å². The van der Waals surface area contributed by atoms with Gasteiger partial charge in [0.2, 0.25) is 5.91 Å². The summed E-state index contributed by atoms with van der Waals surface area (Å²) in [6.07, 6.45) is -0.209. The van der Waals surface area contributed by atoms with Gasteiger partial charge in [-0.05, 0) is 17.7 Å². The SMILES string of the molecule is O=C(C[C@H]1NC(=O)NC1=O)Nc1ccc(C(=O)[O-])cc1. The molecule has 1 aliphatic heterocycles. The van der Waals surface area contributed by atoms with E-state index in [1.807, 2.05) is 5.32 Å². The van der Waals surface area contributed by atoms with Crippen molar-refractivity contribution in [3.63, 3.8) is 0 Å². The van der Waals surface area contributed by atoms with Gasteiger partial charge >= 0.3 is 6.03 Å². The molecule has 8 heteroatoms. The average molecular weight is 276 g/mol. The van der Waals surface area contributed by atoms with E-state index in [-0.39, 0.29) is 12.0 Å². The molecule has 8 nitrogen and oxygen atoms in total. The quantitative estimate of drug-likeness (QED) is 0.582. The molecule has 0 bridgehead atoms. The highest BCUT2D eigenvalue weighted by atomic mass is 16.4. The maximum atomic E-state index is 11.7. The van der Waals surface area contributed by atoms with Gasteiger partial charge in [0.05, 0.1) is 12.4 Å². The Morgan fingerprint density at radius 3 is 2.35 bits per heavy atom. The maximum Gasteiger partial charge on any atom is 0.322 e. The van der Waals surface area contributed by atoms with E-state index in [1.165, 1.54) is 24.3 Å². The summed E-state index contributed by atoms with van der Waals surface area (Å²) >= 11 is 0. The number of carbonyl (C=O) groups is 4. The number of urea groups is 1. The molecule has 0 radical (unpaired) electrons. The van der Waals surface area contributed by atoms with Crippen molar-refractivity contribution in [3.8, 4) is 0 Å². The Labute approximate surface area is 113 Å². The zero-order valence-corrected chi connectivity index (χ0v) is 10.1. The molecule has 0 spiro atoms. The van der Waals surface area contributed by atoms with Crippen LogP contribution in [0.4, 0.5) is 10.5 Å². The number of aromatic carboxylic acids is 1. The van der Waals surface area contributed by atoms with Crippen LogP contribution in [0, 0.1) is 0 Å². The third kappa shape index (κ3) is 3.10. The van der Waals surface area contributed by atoms with Crippen LogP contribution in [0.3, 0.4) is 0 Å². The second kappa shape index (κ2) is 5.39. The second-order valence-electron chi connectivity index (χ2n) is 4.13. The van der Waals surface area contributed by atoms with Crippen LogP contribution in [-0.4, -0.2) is 29.9 Å². The number of hydrogen-bond acceptors (Lipinski definition) is 5. The number of carboxylic acid groups (broad SMARTS) is 1. The molecule has 104 valence electrons. The lowest BCUT2D eigenvalue weighted by molar-refractivity contribution is -0.255. The van der Waals surface area contributed by atoms with E-state index in [0.29, 0.717) is 5.69 Å². The van der Waals surface area contributed by atoms with Crippen molar-refractivity contribution in [1.29, 1.82) is 0 Å². The molecule has 3 N–H and O–H groups in total. The highest BCUT2D eigenvalue weighted by molar-refractivity contribution is 6.06. The molecule has 1 aromatic rings. The number of carboxylic acids is 1. The van der Waals surface area contributed by atoms with Crippen molar-refractivity contribution in [2.24, 2.45) is 0 Å². The summed E-state index contributed by atoms with van der Waals surface area (Å²) in [5, 5.41) is 17.3. The highest BCUT2D eigenvalue weighted by Crippen LogP contribution is 2.10. The van der Waals surface area contributed by atoms with Crippen molar-refractivity contribution < 1.29 is 24.3 Å². The normalized spacial score (nSPS) is 17.3. The third-order valence-electron chi connectivity index (χ3n) is 2.65. The minimum Gasteiger partial charge on any atom is -0.545 e. The second-order valence-corrected chi connectivity index (χ2v) is 4.13. The van der Waals surface area contributed by atoms with Crippen LogP contribution >= 0.6 is 0 Å². The largest absolute Gasteiger partial charge is 0.545 e. The monoisotopic (exact) mass is 276 g/mol. The van der Waals surface area contributed by atoms with Gasteiger partial charge in [-0.25, -0.2) is 4.79 Å². The number of anilines is 1. The number of benzene rings is 1. The van der Waals surface area contributed by atoms with Crippen molar-refractivity contribution in [1.82, 2.24) is 10.6 Å². The zero-order chi connectivity index (χ0) is 14.7. The Kier molecular flexibility index (Phi) is 3.65. The Bertz CT molecular complexity index is 581. The molecule has 1 heterocycles. The Morgan fingerprint density at radius 1 is 1.20 bits per heavy atom.